The minimum Gasteiger partial charge on any atom is -0.378 e. The lowest BCUT2D eigenvalue weighted by atomic mass is 10.00. The molecular weight excluding hydrogens is 248 g/mol. The number of nitrogens with zero attached hydrogens (tertiary/aromatic N) is 3. The van der Waals surface area contributed by atoms with Crippen molar-refractivity contribution >= 4 is 0 Å². The van der Waals surface area contributed by atoms with Crippen molar-refractivity contribution in [1.82, 2.24) is 10.3 Å². The first kappa shape index (κ1) is 13.3. The van der Waals surface area contributed by atoms with Crippen molar-refractivity contribution in [2.45, 2.75) is 6.04 Å². The molecule has 1 heterocycles. The van der Waals surface area contributed by atoms with E-state index < -0.39 is 0 Å². The lowest BCUT2D eigenvalue weighted by Crippen LogP contribution is -2.17. The molecule has 0 saturated heterocycles. The molecule has 0 bridgehead atoms. The van der Waals surface area contributed by atoms with Gasteiger partial charge in [0.15, 0.2) is 0 Å². The Labute approximate surface area is 117 Å². The van der Waals surface area contributed by atoms with Gasteiger partial charge in [-0.2, -0.15) is 10.5 Å². The molecule has 0 amide bonds. The van der Waals surface area contributed by atoms with Gasteiger partial charge in [0.2, 0.25) is 0 Å². The Morgan fingerprint density at radius 1 is 1.00 bits per heavy atom. The molecule has 0 fully saturated rings. The van der Waals surface area contributed by atoms with Crippen LogP contribution in [0.25, 0.3) is 0 Å². The predicted molar refractivity (Wildman–Crippen MR) is 75.0 cm³/mol. The van der Waals surface area contributed by atoms with Gasteiger partial charge in [0, 0.05) is 18.6 Å². The number of hydrogen-bond acceptors (Lipinski definition) is 4. The van der Waals surface area contributed by atoms with Crippen molar-refractivity contribution in [3.8, 4) is 12.1 Å². The van der Waals surface area contributed by atoms with Gasteiger partial charge in [0.1, 0.15) is 17.7 Å². The Morgan fingerprint density at radius 2 is 1.60 bits per heavy atom. The van der Waals surface area contributed by atoms with E-state index in [0.29, 0.717) is 0 Å². The van der Waals surface area contributed by atoms with Gasteiger partial charge < -0.3 is 5.32 Å². The molecule has 4 heteroatoms. The monoisotopic (exact) mass is 260 g/mol. The molecule has 0 unspecified atom stereocenters. The SMILES string of the molecule is N#CC(C#N)=CN[C@H](c1ccccc1)c1ccncc1. The van der Waals surface area contributed by atoms with Crippen LogP contribution in [0.5, 0.6) is 0 Å². The summed E-state index contributed by atoms with van der Waals surface area (Å²) in [4.78, 5) is 4.00. The van der Waals surface area contributed by atoms with Crippen molar-refractivity contribution in [3.63, 3.8) is 0 Å². The molecule has 0 saturated carbocycles. The van der Waals surface area contributed by atoms with Crippen LogP contribution in [0.3, 0.4) is 0 Å². The zero-order chi connectivity index (χ0) is 14.2. The largest absolute Gasteiger partial charge is 0.378 e. The molecule has 0 aliphatic carbocycles. The summed E-state index contributed by atoms with van der Waals surface area (Å²) in [7, 11) is 0. The minimum absolute atomic E-state index is 0.0417. The van der Waals surface area contributed by atoms with Gasteiger partial charge in [-0.15, -0.1) is 0 Å². The van der Waals surface area contributed by atoms with E-state index in [4.69, 9.17) is 10.5 Å². The van der Waals surface area contributed by atoms with E-state index in [-0.39, 0.29) is 11.6 Å². The lowest BCUT2D eigenvalue weighted by molar-refractivity contribution is 0.726. The van der Waals surface area contributed by atoms with Crippen LogP contribution in [0.2, 0.25) is 0 Å². The standard InChI is InChI=1S/C16H12N4/c17-10-13(11-18)12-20-16(14-4-2-1-3-5-14)15-6-8-19-9-7-15/h1-9,12,16,20H/t16-/m1/s1. The number of aromatic nitrogens is 1. The van der Waals surface area contributed by atoms with Gasteiger partial charge in [-0.3, -0.25) is 4.98 Å². The summed E-state index contributed by atoms with van der Waals surface area (Å²) in [6, 6.07) is 17.2. The third-order valence-electron chi connectivity index (χ3n) is 2.81. The third-order valence-corrected chi connectivity index (χ3v) is 2.81. The summed E-state index contributed by atoms with van der Waals surface area (Å²) >= 11 is 0. The Kier molecular flexibility index (Phi) is 4.48. The molecule has 2 aromatic rings. The van der Waals surface area contributed by atoms with E-state index in [2.05, 4.69) is 10.3 Å². The van der Waals surface area contributed by atoms with Crippen LogP contribution in [-0.4, -0.2) is 4.98 Å². The lowest BCUT2D eigenvalue weighted by Gasteiger charge is -2.18. The Hall–Kier alpha value is -3.11. The number of nitrogens with one attached hydrogen (secondary N) is 1. The van der Waals surface area contributed by atoms with Gasteiger partial charge in [0.25, 0.3) is 0 Å². The number of allylic oxidation sites excluding steroid dienone is 1. The van der Waals surface area contributed by atoms with Crippen LogP contribution in [0.15, 0.2) is 66.6 Å². The molecule has 4 nitrogen and oxygen atoms in total. The number of benzene rings is 1. The van der Waals surface area contributed by atoms with E-state index >= 15 is 0 Å². The summed E-state index contributed by atoms with van der Waals surface area (Å²) in [6.07, 6.45) is 4.87. The smallest absolute Gasteiger partial charge is 0.145 e. The fourth-order valence-electron chi connectivity index (χ4n) is 1.84. The molecule has 1 aromatic carbocycles. The molecule has 0 aliphatic heterocycles. The highest BCUT2D eigenvalue weighted by molar-refractivity contribution is 5.36. The molecule has 2 rings (SSSR count). The number of nitriles is 2. The van der Waals surface area contributed by atoms with Crippen molar-refractivity contribution < 1.29 is 0 Å². The topological polar surface area (TPSA) is 72.5 Å². The van der Waals surface area contributed by atoms with Gasteiger partial charge >= 0.3 is 0 Å². The summed E-state index contributed by atoms with van der Waals surface area (Å²) in [5, 5.41) is 20.7. The second kappa shape index (κ2) is 6.72. The molecule has 0 aliphatic rings. The second-order valence-electron chi connectivity index (χ2n) is 4.07. The fraction of sp³-hybridized carbons (Fsp3) is 0.0625. The molecule has 1 atom stereocenters. The van der Waals surface area contributed by atoms with Crippen LogP contribution < -0.4 is 5.32 Å². The minimum atomic E-state index is -0.129. The van der Waals surface area contributed by atoms with Gasteiger partial charge in [-0.1, -0.05) is 30.3 Å². The van der Waals surface area contributed by atoms with E-state index in [1.165, 1.54) is 6.20 Å². The van der Waals surface area contributed by atoms with E-state index in [1.807, 2.05) is 54.6 Å². The van der Waals surface area contributed by atoms with Crippen LogP contribution in [0.1, 0.15) is 17.2 Å². The maximum Gasteiger partial charge on any atom is 0.145 e. The molecule has 0 spiro atoms. The highest BCUT2D eigenvalue weighted by atomic mass is 14.9. The van der Waals surface area contributed by atoms with Crippen molar-refractivity contribution in [2.24, 2.45) is 0 Å². The molecular formula is C16H12N4. The van der Waals surface area contributed by atoms with E-state index in [0.717, 1.165) is 11.1 Å². The van der Waals surface area contributed by atoms with Crippen molar-refractivity contribution in [2.75, 3.05) is 0 Å². The second-order valence-corrected chi connectivity index (χ2v) is 4.07. The number of hydrogen-bond donors (Lipinski definition) is 1. The maximum atomic E-state index is 8.79. The average molecular weight is 260 g/mol. The molecule has 0 radical (unpaired) electrons. The van der Waals surface area contributed by atoms with Crippen molar-refractivity contribution in [3.05, 3.63) is 77.8 Å². The van der Waals surface area contributed by atoms with E-state index in [9.17, 15) is 0 Å². The Bertz CT molecular complexity index is 608. The number of rotatable bonds is 4. The summed E-state index contributed by atoms with van der Waals surface area (Å²) in [5.74, 6) is 0. The first-order valence-corrected chi connectivity index (χ1v) is 6.06. The molecule has 20 heavy (non-hydrogen) atoms. The zero-order valence-corrected chi connectivity index (χ0v) is 10.7. The molecule has 96 valence electrons. The highest BCUT2D eigenvalue weighted by Crippen LogP contribution is 2.21. The van der Waals surface area contributed by atoms with Gasteiger partial charge in [-0.05, 0) is 23.3 Å². The maximum absolute atomic E-state index is 8.79. The first-order valence-electron chi connectivity index (χ1n) is 6.06. The van der Waals surface area contributed by atoms with Crippen LogP contribution >= 0.6 is 0 Å². The van der Waals surface area contributed by atoms with Gasteiger partial charge in [-0.25, -0.2) is 0 Å². The fourth-order valence-corrected chi connectivity index (χ4v) is 1.84. The molecule has 1 N–H and O–H groups in total. The van der Waals surface area contributed by atoms with E-state index in [1.54, 1.807) is 12.4 Å². The van der Waals surface area contributed by atoms with Crippen LogP contribution in [-0.2, 0) is 0 Å². The quantitative estimate of drug-likeness (QED) is 0.858. The van der Waals surface area contributed by atoms with Gasteiger partial charge in [0.05, 0.1) is 6.04 Å². The summed E-state index contributed by atoms with van der Waals surface area (Å²) in [6.45, 7) is 0. The zero-order valence-electron chi connectivity index (χ0n) is 10.7. The first-order chi connectivity index (χ1) is 9.85. The Morgan fingerprint density at radius 3 is 2.20 bits per heavy atom. The molecule has 1 aromatic heterocycles. The highest BCUT2D eigenvalue weighted by Gasteiger charge is 2.12. The summed E-state index contributed by atoms with van der Waals surface area (Å²) in [5.41, 5.74) is 2.10. The van der Waals surface area contributed by atoms with Crippen LogP contribution in [0.4, 0.5) is 0 Å². The summed E-state index contributed by atoms with van der Waals surface area (Å²) < 4.78 is 0. The average Bonchev–Trinajstić information content (AvgIpc) is 2.53. The van der Waals surface area contributed by atoms with Crippen molar-refractivity contribution in [1.29, 1.82) is 10.5 Å². The normalized spacial score (nSPS) is 10.7. The predicted octanol–water partition coefficient (Wildman–Crippen LogP) is 2.69. The number of pyridine rings is 1. The van der Waals surface area contributed by atoms with Crippen LogP contribution in [0, 0.1) is 22.7 Å². The third kappa shape index (κ3) is 3.22. The Balaban J connectivity index is 2.34.